The Hall–Kier alpha value is -0.0800. The van der Waals surface area contributed by atoms with Gasteiger partial charge in [0.05, 0.1) is 0 Å². The average Bonchev–Trinajstić information content (AvgIpc) is 2.62. The van der Waals surface area contributed by atoms with Crippen LogP contribution in [0.25, 0.3) is 0 Å². The van der Waals surface area contributed by atoms with E-state index in [0.29, 0.717) is 24.3 Å². The second-order valence-corrected chi connectivity index (χ2v) is 3.21. The maximum Gasteiger partial charge on any atom is 0.101 e. The van der Waals surface area contributed by atoms with Gasteiger partial charge in [0.1, 0.15) is 12.2 Å². The molecule has 3 aliphatic rings. The molecule has 0 aromatic heterocycles. The highest BCUT2D eigenvalue weighted by atomic mass is 16.6. The van der Waals surface area contributed by atoms with Crippen LogP contribution in [0.3, 0.4) is 0 Å². The Kier molecular flexibility index (Phi) is 0.691. The Balaban J connectivity index is 1.92. The lowest BCUT2D eigenvalue weighted by molar-refractivity contribution is 0.229. The fourth-order valence-electron chi connectivity index (χ4n) is 2.11. The molecule has 2 nitrogen and oxygen atoms in total. The van der Waals surface area contributed by atoms with Gasteiger partial charge in [-0.2, -0.15) is 0 Å². The quantitative estimate of drug-likeness (QED) is 0.463. The van der Waals surface area contributed by atoms with Crippen LogP contribution in [0.5, 0.6) is 0 Å². The van der Waals surface area contributed by atoms with Gasteiger partial charge in [0.25, 0.3) is 0 Å². The molecular weight excluding hydrogens is 114 g/mol. The normalized spacial score (nSPS) is 61.3. The lowest BCUT2D eigenvalue weighted by atomic mass is 10.1. The summed E-state index contributed by atoms with van der Waals surface area (Å²) in [5.41, 5.74) is 0. The largest absolute Gasteiger partial charge is 0.366 e. The molecule has 0 aromatic carbocycles. The van der Waals surface area contributed by atoms with Crippen LogP contribution in [-0.4, -0.2) is 24.3 Å². The van der Waals surface area contributed by atoms with Crippen LogP contribution in [0.15, 0.2) is 0 Å². The van der Waals surface area contributed by atoms with Crippen molar-refractivity contribution in [3.63, 3.8) is 0 Å². The summed E-state index contributed by atoms with van der Waals surface area (Å²) in [5.74, 6) is 0. The Labute approximate surface area is 54.6 Å². The van der Waals surface area contributed by atoms with Crippen molar-refractivity contribution in [3.8, 4) is 0 Å². The maximum absolute atomic E-state index is 5.44. The van der Waals surface area contributed by atoms with Crippen molar-refractivity contribution in [1.82, 2.24) is 5.32 Å². The highest BCUT2D eigenvalue weighted by Crippen LogP contribution is 2.41. The van der Waals surface area contributed by atoms with Gasteiger partial charge in [0.2, 0.25) is 0 Å². The topological polar surface area (TPSA) is 24.6 Å². The number of hydrogen-bond acceptors (Lipinski definition) is 2. The van der Waals surface area contributed by atoms with Crippen molar-refractivity contribution in [2.75, 3.05) is 0 Å². The van der Waals surface area contributed by atoms with E-state index < -0.39 is 0 Å². The lowest BCUT2D eigenvalue weighted by Crippen LogP contribution is -2.40. The zero-order valence-electron chi connectivity index (χ0n) is 5.21. The molecule has 3 aliphatic heterocycles. The zero-order chi connectivity index (χ0) is 5.84. The highest BCUT2D eigenvalue weighted by molar-refractivity contribution is 5.14. The molecule has 3 rings (SSSR count). The number of piperidine rings is 1. The van der Waals surface area contributed by atoms with E-state index in [9.17, 15) is 0 Å². The second kappa shape index (κ2) is 1.32. The molecular formula is C7H10NO. The third kappa shape index (κ3) is 0.485. The minimum atomic E-state index is 0.591. The van der Waals surface area contributed by atoms with Gasteiger partial charge in [0.15, 0.2) is 0 Å². The van der Waals surface area contributed by atoms with E-state index in [-0.39, 0.29) is 0 Å². The predicted molar refractivity (Wildman–Crippen MR) is 32.9 cm³/mol. The number of epoxide rings is 1. The molecule has 4 atom stereocenters. The van der Waals surface area contributed by atoms with Crippen molar-refractivity contribution in [2.24, 2.45) is 0 Å². The minimum absolute atomic E-state index is 0.591. The average molecular weight is 124 g/mol. The zero-order valence-corrected chi connectivity index (χ0v) is 5.21. The Bertz CT molecular complexity index is 134. The summed E-state index contributed by atoms with van der Waals surface area (Å²) in [6.45, 7) is 0. The predicted octanol–water partition coefficient (Wildman–Crippen LogP) is 0.0923. The molecule has 2 bridgehead atoms. The van der Waals surface area contributed by atoms with Gasteiger partial charge in [-0.1, -0.05) is 0 Å². The first-order valence-electron chi connectivity index (χ1n) is 3.68. The monoisotopic (exact) mass is 124 g/mol. The van der Waals surface area contributed by atoms with Crippen LogP contribution in [0, 0.1) is 6.42 Å². The number of morpholine rings is 1. The van der Waals surface area contributed by atoms with E-state index in [0.717, 1.165) is 0 Å². The summed E-state index contributed by atoms with van der Waals surface area (Å²) in [7, 11) is 0. The SMILES string of the molecule is [CH]1CC2NC(C1)C1OC21. The summed E-state index contributed by atoms with van der Waals surface area (Å²) in [6.07, 6.45) is 6.01. The van der Waals surface area contributed by atoms with E-state index in [4.69, 9.17) is 4.74 Å². The molecule has 3 saturated heterocycles. The van der Waals surface area contributed by atoms with Crippen molar-refractivity contribution >= 4 is 0 Å². The summed E-state index contributed by atoms with van der Waals surface area (Å²) >= 11 is 0. The number of rotatable bonds is 0. The fraction of sp³-hybridized carbons (Fsp3) is 0.857. The van der Waals surface area contributed by atoms with Crippen molar-refractivity contribution < 1.29 is 4.74 Å². The summed E-state index contributed by atoms with van der Waals surface area (Å²) in [4.78, 5) is 0. The summed E-state index contributed by atoms with van der Waals surface area (Å²) in [5, 5.41) is 3.53. The molecule has 9 heavy (non-hydrogen) atoms. The van der Waals surface area contributed by atoms with Gasteiger partial charge in [-0.05, 0) is 19.3 Å². The van der Waals surface area contributed by atoms with Gasteiger partial charge in [0, 0.05) is 12.1 Å². The summed E-state index contributed by atoms with van der Waals surface area (Å²) in [6, 6.07) is 1.35. The smallest absolute Gasteiger partial charge is 0.101 e. The van der Waals surface area contributed by atoms with E-state index in [1.807, 2.05) is 0 Å². The second-order valence-electron chi connectivity index (χ2n) is 3.21. The van der Waals surface area contributed by atoms with E-state index >= 15 is 0 Å². The maximum atomic E-state index is 5.44. The molecule has 2 heteroatoms. The molecule has 3 fully saturated rings. The Morgan fingerprint density at radius 3 is 2.44 bits per heavy atom. The standard InChI is InChI=1S/C7H10NO/c1-2-4-6-7(9-6)5(3-1)8-4/h1,4-8H,2-3H2. The molecule has 1 radical (unpaired) electrons. The van der Waals surface area contributed by atoms with E-state index in [2.05, 4.69) is 11.7 Å². The third-order valence-corrected chi connectivity index (χ3v) is 2.62. The van der Waals surface area contributed by atoms with Crippen molar-refractivity contribution in [2.45, 2.75) is 37.1 Å². The third-order valence-electron chi connectivity index (χ3n) is 2.62. The van der Waals surface area contributed by atoms with Gasteiger partial charge in [-0.25, -0.2) is 0 Å². The molecule has 4 unspecified atom stereocenters. The minimum Gasteiger partial charge on any atom is -0.366 e. The number of ether oxygens (including phenoxy) is 1. The van der Waals surface area contributed by atoms with Gasteiger partial charge in [-0.3, -0.25) is 0 Å². The van der Waals surface area contributed by atoms with Crippen molar-refractivity contribution in [1.29, 1.82) is 0 Å². The molecule has 3 heterocycles. The van der Waals surface area contributed by atoms with Gasteiger partial charge >= 0.3 is 0 Å². The number of nitrogens with one attached hydrogen (secondary N) is 1. The van der Waals surface area contributed by atoms with Gasteiger partial charge in [-0.15, -0.1) is 0 Å². The molecule has 0 spiro atoms. The number of fused-ring (bicyclic) bond motifs is 5. The molecule has 49 valence electrons. The first kappa shape index (κ1) is 4.69. The van der Waals surface area contributed by atoms with Crippen LogP contribution in [0.4, 0.5) is 0 Å². The Morgan fingerprint density at radius 2 is 1.89 bits per heavy atom. The first-order valence-corrected chi connectivity index (χ1v) is 3.68. The number of hydrogen-bond donors (Lipinski definition) is 1. The lowest BCUT2D eigenvalue weighted by Gasteiger charge is -2.23. The van der Waals surface area contributed by atoms with E-state index in [1.54, 1.807) is 0 Å². The van der Waals surface area contributed by atoms with Crippen LogP contribution in [0.1, 0.15) is 12.8 Å². The Morgan fingerprint density at radius 1 is 1.22 bits per heavy atom. The summed E-state index contributed by atoms with van der Waals surface area (Å²) < 4.78 is 5.44. The molecule has 1 N–H and O–H groups in total. The van der Waals surface area contributed by atoms with Crippen LogP contribution in [-0.2, 0) is 4.74 Å². The molecule has 0 aliphatic carbocycles. The van der Waals surface area contributed by atoms with Gasteiger partial charge < -0.3 is 10.1 Å². The van der Waals surface area contributed by atoms with Crippen molar-refractivity contribution in [3.05, 3.63) is 6.42 Å². The highest BCUT2D eigenvalue weighted by Gasteiger charge is 2.57. The van der Waals surface area contributed by atoms with Crippen LogP contribution < -0.4 is 5.32 Å². The first-order chi connectivity index (χ1) is 4.45. The van der Waals surface area contributed by atoms with Crippen LogP contribution in [0.2, 0.25) is 0 Å². The fourth-order valence-corrected chi connectivity index (χ4v) is 2.11. The van der Waals surface area contributed by atoms with Crippen LogP contribution >= 0.6 is 0 Å². The van der Waals surface area contributed by atoms with E-state index in [1.165, 1.54) is 12.8 Å². The molecule has 0 aromatic rings. The molecule has 0 saturated carbocycles. The molecule has 0 amide bonds.